The standard InChI is InChI=1S/C18H27N3O2/c1-18(8-11-19-12-9-18)14-21-16(22)7-10-20-17(23)13-15-5-3-2-4-6-15/h2-6,19H,7-14H2,1H3,(H,20,23)(H,21,22). The minimum Gasteiger partial charge on any atom is -0.355 e. The summed E-state index contributed by atoms with van der Waals surface area (Å²) in [6, 6.07) is 9.60. The van der Waals surface area contributed by atoms with E-state index >= 15 is 0 Å². The Bertz CT molecular complexity index is 510. The highest BCUT2D eigenvalue weighted by Crippen LogP contribution is 2.26. The molecule has 1 aromatic rings. The van der Waals surface area contributed by atoms with Gasteiger partial charge in [0.2, 0.25) is 11.8 Å². The van der Waals surface area contributed by atoms with Gasteiger partial charge in [-0.3, -0.25) is 9.59 Å². The number of nitrogens with one attached hydrogen (secondary N) is 3. The minimum absolute atomic E-state index is 0.00442. The van der Waals surface area contributed by atoms with Gasteiger partial charge in [0, 0.05) is 19.5 Å². The van der Waals surface area contributed by atoms with Crippen LogP contribution in [0.15, 0.2) is 30.3 Å². The normalized spacial score (nSPS) is 16.6. The molecule has 1 heterocycles. The molecule has 5 nitrogen and oxygen atoms in total. The van der Waals surface area contributed by atoms with Crippen LogP contribution in [-0.4, -0.2) is 38.0 Å². The summed E-state index contributed by atoms with van der Waals surface area (Å²) in [6.07, 6.45) is 2.85. The molecule has 0 bridgehead atoms. The van der Waals surface area contributed by atoms with Gasteiger partial charge in [0.15, 0.2) is 0 Å². The molecule has 0 radical (unpaired) electrons. The fourth-order valence-corrected chi connectivity index (χ4v) is 2.77. The van der Waals surface area contributed by atoms with E-state index in [1.807, 2.05) is 30.3 Å². The third-order valence-corrected chi connectivity index (χ3v) is 4.40. The summed E-state index contributed by atoms with van der Waals surface area (Å²) in [6.45, 7) is 5.35. The molecule has 0 atom stereocenters. The van der Waals surface area contributed by atoms with E-state index in [0.29, 0.717) is 25.9 Å². The van der Waals surface area contributed by atoms with Crippen LogP contribution in [0, 0.1) is 5.41 Å². The minimum atomic E-state index is -0.0469. The Labute approximate surface area is 138 Å². The van der Waals surface area contributed by atoms with Crippen molar-refractivity contribution >= 4 is 11.8 Å². The number of rotatable bonds is 7. The first-order chi connectivity index (χ1) is 11.1. The lowest BCUT2D eigenvalue weighted by Crippen LogP contribution is -2.43. The number of carbonyl (C=O) groups is 2. The average Bonchev–Trinajstić information content (AvgIpc) is 2.55. The maximum atomic E-state index is 11.9. The molecule has 0 spiro atoms. The maximum absolute atomic E-state index is 11.9. The topological polar surface area (TPSA) is 70.2 Å². The number of hydrogen-bond acceptors (Lipinski definition) is 3. The second kappa shape index (κ2) is 8.67. The van der Waals surface area contributed by atoms with Crippen LogP contribution in [0.5, 0.6) is 0 Å². The van der Waals surface area contributed by atoms with E-state index in [9.17, 15) is 9.59 Å². The predicted octanol–water partition coefficient (Wildman–Crippen LogP) is 1.24. The molecule has 0 aromatic heterocycles. The van der Waals surface area contributed by atoms with Crippen molar-refractivity contribution in [3.8, 4) is 0 Å². The fraction of sp³-hybridized carbons (Fsp3) is 0.556. The molecule has 1 saturated heterocycles. The molecular formula is C18H27N3O2. The highest BCUT2D eigenvalue weighted by molar-refractivity contribution is 5.80. The first kappa shape index (κ1) is 17.5. The molecule has 126 valence electrons. The van der Waals surface area contributed by atoms with Crippen LogP contribution in [0.2, 0.25) is 0 Å². The Kier molecular flexibility index (Phi) is 6.59. The van der Waals surface area contributed by atoms with Crippen molar-refractivity contribution < 1.29 is 9.59 Å². The van der Waals surface area contributed by atoms with E-state index in [-0.39, 0.29) is 17.2 Å². The SMILES string of the molecule is CC1(CNC(=O)CCNC(=O)Cc2ccccc2)CCNCC1. The molecular weight excluding hydrogens is 290 g/mol. The van der Waals surface area contributed by atoms with Crippen LogP contribution in [0.3, 0.4) is 0 Å². The molecule has 2 amide bonds. The molecule has 23 heavy (non-hydrogen) atoms. The average molecular weight is 317 g/mol. The number of carbonyl (C=O) groups excluding carboxylic acids is 2. The molecule has 0 saturated carbocycles. The van der Waals surface area contributed by atoms with Gasteiger partial charge in [-0.1, -0.05) is 37.3 Å². The summed E-state index contributed by atoms with van der Waals surface area (Å²) in [4.78, 5) is 23.7. The highest BCUT2D eigenvalue weighted by atomic mass is 16.2. The zero-order valence-corrected chi connectivity index (χ0v) is 13.9. The van der Waals surface area contributed by atoms with Gasteiger partial charge in [-0.2, -0.15) is 0 Å². The van der Waals surface area contributed by atoms with Crippen molar-refractivity contribution in [3.05, 3.63) is 35.9 Å². The quantitative estimate of drug-likeness (QED) is 0.709. The third kappa shape index (κ3) is 6.40. The van der Waals surface area contributed by atoms with E-state index in [4.69, 9.17) is 0 Å². The Morgan fingerprint density at radius 3 is 2.48 bits per heavy atom. The number of hydrogen-bond donors (Lipinski definition) is 3. The molecule has 3 N–H and O–H groups in total. The fourth-order valence-electron chi connectivity index (χ4n) is 2.77. The van der Waals surface area contributed by atoms with Crippen molar-refractivity contribution in [2.24, 2.45) is 5.41 Å². The highest BCUT2D eigenvalue weighted by Gasteiger charge is 2.26. The van der Waals surface area contributed by atoms with Crippen LogP contribution >= 0.6 is 0 Å². The largest absolute Gasteiger partial charge is 0.355 e. The lowest BCUT2D eigenvalue weighted by atomic mass is 9.81. The Balaban J connectivity index is 1.60. The first-order valence-electron chi connectivity index (χ1n) is 8.35. The summed E-state index contributed by atoms with van der Waals surface area (Å²) in [5, 5.41) is 9.13. The van der Waals surface area contributed by atoms with Gasteiger partial charge in [-0.05, 0) is 36.9 Å². The van der Waals surface area contributed by atoms with Gasteiger partial charge in [-0.15, -0.1) is 0 Å². The van der Waals surface area contributed by atoms with Gasteiger partial charge in [0.05, 0.1) is 6.42 Å². The van der Waals surface area contributed by atoms with Gasteiger partial charge in [-0.25, -0.2) is 0 Å². The van der Waals surface area contributed by atoms with Crippen LogP contribution in [0.4, 0.5) is 0 Å². The second-order valence-electron chi connectivity index (χ2n) is 6.60. The first-order valence-corrected chi connectivity index (χ1v) is 8.35. The molecule has 0 unspecified atom stereocenters. The lowest BCUT2D eigenvalue weighted by molar-refractivity contribution is -0.122. The van der Waals surface area contributed by atoms with Crippen molar-refractivity contribution in [1.29, 1.82) is 0 Å². The third-order valence-electron chi connectivity index (χ3n) is 4.40. The van der Waals surface area contributed by atoms with Crippen molar-refractivity contribution in [2.75, 3.05) is 26.2 Å². The van der Waals surface area contributed by atoms with Gasteiger partial charge >= 0.3 is 0 Å². The summed E-state index contributed by atoms with van der Waals surface area (Å²) < 4.78 is 0. The molecule has 1 fully saturated rings. The van der Waals surface area contributed by atoms with E-state index in [0.717, 1.165) is 31.5 Å². The molecule has 0 aliphatic carbocycles. The number of piperidine rings is 1. The van der Waals surface area contributed by atoms with Crippen LogP contribution < -0.4 is 16.0 Å². The summed E-state index contributed by atoms with van der Waals surface area (Å²) in [7, 11) is 0. The summed E-state index contributed by atoms with van der Waals surface area (Å²) in [5.41, 5.74) is 1.17. The predicted molar refractivity (Wildman–Crippen MR) is 91.0 cm³/mol. The van der Waals surface area contributed by atoms with E-state index < -0.39 is 0 Å². The van der Waals surface area contributed by atoms with Crippen molar-refractivity contribution in [2.45, 2.75) is 32.6 Å². The van der Waals surface area contributed by atoms with E-state index in [1.165, 1.54) is 0 Å². The van der Waals surface area contributed by atoms with E-state index in [1.54, 1.807) is 0 Å². The van der Waals surface area contributed by atoms with Crippen LogP contribution in [-0.2, 0) is 16.0 Å². The van der Waals surface area contributed by atoms with Crippen molar-refractivity contribution in [1.82, 2.24) is 16.0 Å². The molecule has 1 aliphatic rings. The molecule has 1 aromatic carbocycles. The summed E-state index contributed by atoms with van der Waals surface area (Å²) >= 11 is 0. The number of amides is 2. The van der Waals surface area contributed by atoms with Gasteiger partial charge < -0.3 is 16.0 Å². The zero-order chi connectivity index (χ0) is 16.5. The number of benzene rings is 1. The van der Waals surface area contributed by atoms with Crippen molar-refractivity contribution in [3.63, 3.8) is 0 Å². The Morgan fingerprint density at radius 1 is 1.09 bits per heavy atom. The Morgan fingerprint density at radius 2 is 1.78 bits per heavy atom. The lowest BCUT2D eigenvalue weighted by Gasteiger charge is -2.34. The zero-order valence-electron chi connectivity index (χ0n) is 13.9. The monoisotopic (exact) mass is 317 g/mol. The summed E-state index contributed by atoms with van der Waals surface area (Å²) in [5.74, 6) is -0.0425. The van der Waals surface area contributed by atoms with E-state index in [2.05, 4.69) is 22.9 Å². The van der Waals surface area contributed by atoms with Crippen LogP contribution in [0.25, 0.3) is 0 Å². The molecule has 2 rings (SSSR count). The van der Waals surface area contributed by atoms with Gasteiger partial charge in [0.1, 0.15) is 0 Å². The second-order valence-corrected chi connectivity index (χ2v) is 6.60. The molecule has 1 aliphatic heterocycles. The molecule has 5 heteroatoms. The Hall–Kier alpha value is -1.88. The van der Waals surface area contributed by atoms with Gasteiger partial charge in [0.25, 0.3) is 0 Å². The van der Waals surface area contributed by atoms with Crippen LogP contribution in [0.1, 0.15) is 31.7 Å². The smallest absolute Gasteiger partial charge is 0.224 e. The maximum Gasteiger partial charge on any atom is 0.224 e.